The second kappa shape index (κ2) is 6.96. The Morgan fingerprint density at radius 2 is 1.57 bits per heavy atom. The maximum atomic E-state index is 12.1. The zero-order chi connectivity index (χ0) is 16.1. The van der Waals surface area contributed by atoms with Crippen LogP contribution in [0.1, 0.15) is 10.4 Å². The molecular weight excluding hydrogens is 290 g/mol. The minimum atomic E-state index is -0.113. The number of hydrogen-bond acceptors (Lipinski definition) is 3. The molecule has 2 aromatic carbocycles. The van der Waals surface area contributed by atoms with Gasteiger partial charge in [-0.05, 0) is 36.4 Å². The van der Waals surface area contributed by atoms with E-state index in [4.69, 9.17) is 0 Å². The average molecular weight is 309 g/mol. The van der Waals surface area contributed by atoms with Crippen molar-refractivity contribution in [2.75, 3.05) is 36.4 Å². The summed E-state index contributed by atoms with van der Waals surface area (Å²) in [6.07, 6.45) is 0.902. The lowest BCUT2D eigenvalue weighted by Gasteiger charge is -2.34. The van der Waals surface area contributed by atoms with E-state index >= 15 is 0 Å². The molecular formula is C18H19N3O2. The monoisotopic (exact) mass is 309 g/mol. The van der Waals surface area contributed by atoms with Crippen LogP contribution in [0.2, 0.25) is 0 Å². The number of rotatable bonds is 4. The number of nitrogens with one attached hydrogen (secondary N) is 1. The fourth-order valence-electron chi connectivity index (χ4n) is 2.63. The summed E-state index contributed by atoms with van der Waals surface area (Å²) < 4.78 is 0. The molecule has 0 aromatic heterocycles. The van der Waals surface area contributed by atoms with Crippen molar-refractivity contribution in [3.05, 3.63) is 60.2 Å². The van der Waals surface area contributed by atoms with Gasteiger partial charge in [0.05, 0.1) is 0 Å². The molecule has 3 rings (SSSR count). The third-order valence-corrected chi connectivity index (χ3v) is 3.99. The Morgan fingerprint density at radius 3 is 2.17 bits per heavy atom. The van der Waals surface area contributed by atoms with Crippen LogP contribution in [0.15, 0.2) is 54.6 Å². The third kappa shape index (κ3) is 3.69. The molecule has 1 saturated heterocycles. The first kappa shape index (κ1) is 15.1. The number of nitrogens with zero attached hydrogens (tertiary/aromatic N) is 2. The second-order valence-electron chi connectivity index (χ2n) is 5.50. The highest BCUT2D eigenvalue weighted by atomic mass is 16.1. The topological polar surface area (TPSA) is 52.7 Å². The van der Waals surface area contributed by atoms with E-state index in [1.807, 2.05) is 42.5 Å². The molecule has 1 N–H and O–H groups in total. The number of hydrogen-bond donors (Lipinski definition) is 1. The second-order valence-corrected chi connectivity index (χ2v) is 5.50. The number of benzene rings is 2. The van der Waals surface area contributed by atoms with Crippen molar-refractivity contribution in [1.29, 1.82) is 0 Å². The Hall–Kier alpha value is -2.82. The zero-order valence-electron chi connectivity index (χ0n) is 12.8. The van der Waals surface area contributed by atoms with Gasteiger partial charge in [-0.15, -0.1) is 0 Å². The molecule has 1 heterocycles. The normalized spacial score (nSPS) is 14.4. The number of amides is 2. The quantitative estimate of drug-likeness (QED) is 0.881. The van der Waals surface area contributed by atoms with Gasteiger partial charge >= 0.3 is 0 Å². The number of carbonyl (C=O) groups is 2. The molecule has 0 atom stereocenters. The van der Waals surface area contributed by atoms with E-state index in [0.29, 0.717) is 5.56 Å². The molecule has 1 aliphatic rings. The maximum absolute atomic E-state index is 12.1. The SMILES string of the molecule is O=CN1CCN(c2ccc(NC(=O)c3ccccc3)cc2)CC1. The Labute approximate surface area is 135 Å². The van der Waals surface area contributed by atoms with Crippen LogP contribution in [0.5, 0.6) is 0 Å². The fourth-order valence-corrected chi connectivity index (χ4v) is 2.63. The van der Waals surface area contributed by atoms with Gasteiger partial charge in [-0.1, -0.05) is 18.2 Å². The lowest BCUT2D eigenvalue weighted by molar-refractivity contribution is -0.118. The Balaban J connectivity index is 1.61. The lowest BCUT2D eigenvalue weighted by atomic mass is 10.2. The van der Waals surface area contributed by atoms with Crippen LogP contribution in [0.4, 0.5) is 11.4 Å². The summed E-state index contributed by atoms with van der Waals surface area (Å²) in [5, 5.41) is 2.89. The van der Waals surface area contributed by atoms with E-state index in [2.05, 4.69) is 10.2 Å². The van der Waals surface area contributed by atoms with E-state index in [1.165, 1.54) is 0 Å². The highest BCUT2D eigenvalue weighted by Gasteiger charge is 2.15. The van der Waals surface area contributed by atoms with Gasteiger partial charge in [0.25, 0.3) is 5.91 Å². The Bertz CT molecular complexity index is 662. The van der Waals surface area contributed by atoms with Crippen molar-refractivity contribution in [3.8, 4) is 0 Å². The molecule has 2 amide bonds. The molecule has 0 unspecified atom stereocenters. The van der Waals surface area contributed by atoms with Gasteiger partial charge in [-0.3, -0.25) is 9.59 Å². The van der Waals surface area contributed by atoms with Gasteiger partial charge < -0.3 is 15.1 Å². The predicted octanol–water partition coefficient (Wildman–Crippen LogP) is 2.22. The van der Waals surface area contributed by atoms with Crippen LogP contribution in [0.3, 0.4) is 0 Å². The van der Waals surface area contributed by atoms with Gasteiger partial charge in [0.15, 0.2) is 0 Å². The Morgan fingerprint density at radius 1 is 0.913 bits per heavy atom. The van der Waals surface area contributed by atoms with Gasteiger partial charge in [-0.2, -0.15) is 0 Å². The van der Waals surface area contributed by atoms with Crippen LogP contribution >= 0.6 is 0 Å². The van der Waals surface area contributed by atoms with Gasteiger partial charge in [0.2, 0.25) is 6.41 Å². The van der Waals surface area contributed by atoms with Crippen molar-refractivity contribution in [1.82, 2.24) is 4.90 Å². The fraction of sp³-hybridized carbons (Fsp3) is 0.222. The molecule has 1 fully saturated rings. The zero-order valence-corrected chi connectivity index (χ0v) is 12.8. The summed E-state index contributed by atoms with van der Waals surface area (Å²) in [6, 6.07) is 17.0. The molecule has 118 valence electrons. The summed E-state index contributed by atoms with van der Waals surface area (Å²) in [4.78, 5) is 26.9. The molecule has 0 bridgehead atoms. The van der Waals surface area contributed by atoms with E-state index in [0.717, 1.165) is 44.0 Å². The summed E-state index contributed by atoms with van der Waals surface area (Å²) in [5.74, 6) is -0.113. The number of carbonyl (C=O) groups excluding carboxylic acids is 2. The molecule has 1 aliphatic heterocycles. The molecule has 0 saturated carbocycles. The van der Waals surface area contributed by atoms with Crippen LogP contribution < -0.4 is 10.2 Å². The first-order valence-electron chi connectivity index (χ1n) is 7.67. The largest absolute Gasteiger partial charge is 0.368 e. The smallest absolute Gasteiger partial charge is 0.255 e. The molecule has 5 nitrogen and oxygen atoms in total. The first-order chi connectivity index (χ1) is 11.3. The van der Waals surface area contributed by atoms with E-state index in [1.54, 1.807) is 17.0 Å². The van der Waals surface area contributed by atoms with Crippen LogP contribution in [-0.4, -0.2) is 43.4 Å². The third-order valence-electron chi connectivity index (χ3n) is 3.99. The van der Waals surface area contributed by atoms with Crippen molar-refractivity contribution in [2.24, 2.45) is 0 Å². The number of piperazine rings is 1. The molecule has 2 aromatic rings. The lowest BCUT2D eigenvalue weighted by Crippen LogP contribution is -2.45. The summed E-state index contributed by atoms with van der Waals surface area (Å²) >= 11 is 0. The maximum Gasteiger partial charge on any atom is 0.255 e. The van der Waals surface area contributed by atoms with Crippen LogP contribution in [0.25, 0.3) is 0 Å². The molecule has 0 radical (unpaired) electrons. The summed E-state index contributed by atoms with van der Waals surface area (Å²) in [6.45, 7) is 3.15. The first-order valence-corrected chi connectivity index (χ1v) is 7.67. The minimum absolute atomic E-state index is 0.113. The molecule has 5 heteroatoms. The van der Waals surface area contributed by atoms with Crippen LogP contribution in [0, 0.1) is 0 Å². The molecule has 0 aliphatic carbocycles. The molecule has 23 heavy (non-hydrogen) atoms. The van der Waals surface area contributed by atoms with Crippen LogP contribution in [-0.2, 0) is 4.79 Å². The average Bonchev–Trinajstić information content (AvgIpc) is 2.63. The Kier molecular flexibility index (Phi) is 4.57. The highest BCUT2D eigenvalue weighted by Crippen LogP contribution is 2.19. The van der Waals surface area contributed by atoms with E-state index in [-0.39, 0.29) is 5.91 Å². The summed E-state index contributed by atoms with van der Waals surface area (Å²) in [5.41, 5.74) is 2.52. The predicted molar refractivity (Wildman–Crippen MR) is 90.7 cm³/mol. The van der Waals surface area contributed by atoms with Crippen molar-refractivity contribution >= 4 is 23.7 Å². The molecule has 0 spiro atoms. The van der Waals surface area contributed by atoms with E-state index < -0.39 is 0 Å². The van der Waals surface area contributed by atoms with Gasteiger partial charge in [0.1, 0.15) is 0 Å². The van der Waals surface area contributed by atoms with Crippen molar-refractivity contribution in [3.63, 3.8) is 0 Å². The van der Waals surface area contributed by atoms with Crippen molar-refractivity contribution in [2.45, 2.75) is 0 Å². The number of anilines is 2. The van der Waals surface area contributed by atoms with Gasteiger partial charge in [0, 0.05) is 43.1 Å². The van der Waals surface area contributed by atoms with Gasteiger partial charge in [-0.25, -0.2) is 0 Å². The minimum Gasteiger partial charge on any atom is -0.368 e. The van der Waals surface area contributed by atoms with Crippen molar-refractivity contribution < 1.29 is 9.59 Å². The summed E-state index contributed by atoms with van der Waals surface area (Å²) in [7, 11) is 0. The highest BCUT2D eigenvalue weighted by molar-refractivity contribution is 6.04. The standard InChI is InChI=1S/C18H19N3O2/c22-14-20-10-12-21(13-11-20)17-8-6-16(7-9-17)19-18(23)15-4-2-1-3-5-15/h1-9,14H,10-13H2,(H,19,23). The van der Waals surface area contributed by atoms with E-state index in [9.17, 15) is 9.59 Å².